The highest BCUT2D eigenvalue weighted by molar-refractivity contribution is 8.16. The SMILES string of the molecule is CC(NC(=O)c1cc(C(F)(F)F)cc(C(F)(F)F)c1)c1nccnc1C1=NNC(=O)C(C)(C)S1. The molecule has 0 saturated carbocycles. The molecule has 0 spiro atoms. The summed E-state index contributed by atoms with van der Waals surface area (Å²) in [5.74, 6) is -1.52. The van der Waals surface area contributed by atoms with Crippen LogP contribution in [0, 0.1) is 0 Å². The molecule has 1 unspecified atom stereocenters. The van der Waals surface area contributed by atoms with E-state index in [-0.39, 0.29) is 28.4 Å². The number of carbonyl (C=O) groups excluding carboxylic acids is 2. The fourth-order valence-corrected chi connectivity index (χ4v) is 3.88. The van der Waals surface area contributed by atoms with Crippen molar-refractivity contribution in [2.24, 2.45) is 5.10 Å². The van der Waals surface area contributed by atoms with E-state index in [4.69, 9.17) is 0 Å². The van der Waals surface area contributed by atoms with Gasteiger partial charge < -0.3 is 5.32 Å². The van der Waals surface area contributed by atoms with E-state index in [1.807, 2.05) is 0 Å². The summed E-state index contributed by atoms with van der Waals surface area (Å²) in [5, 5.41) is 6.57. The number of nitrogens with zero attached hydrogens (tertiary/aromatic N) is 3. The largest absolute Gasteiger partial charge is 0.416 e. The lowest BCUT2D eigenvalue weighted by Gasteiger charge is -2.27. The number of benzene rings is 1. The molecule has 0 fully saturated rings. The minimum atomic E-state index is -5.09. The molecule has 0 saturated heterocycles. The Bertz CT molecular complexity index is 1130. The number of hydrazone groups is 1. The van der Waals surface area contributed by atoms with Gasteiger partial charge in [0.05, 0.1) is 27.6 Å². The highest BCUT2D eigenvalue weighted by Gasteiger charge is 2.38. The van der Waals surface area contributed by atoms with Crippen LogP contribution in [0.5, 0.6) is 0 Å². The van der Waals surface area contributed by atoms with Crippen LogP contribution in [-0.2, 0) is 17.1 Å². The first-order valence-electron chi connectivity index (χ1n) is 9.58. The first-order chi connectivity index (χ1) is 15.6. The van der Waals surface area contributed by atoms with E-state index in [2.05, 4.69) is 25.8 Å². The molecular weight excluding hydrogens is 488 g/mol. The molecule has 0 radical (unpaired) electrons. The third kappa shape index (κ3) is 5.48. The first-order valence-corrected chi connectivity index (χ1v) is 10.4. The van der Waals surface area contributed by atoms with Crippen LogP contribution >= 0.6 is 11.8 Å². The van der Waals surface area contributed by atoms with E-state index in [0.29, 0.717) is 12.1 Å². The van der Waals surface area contributed by atoms with Gasteiger partial charge in [-0.3, -0.25) is 19.6 Å². The van der Waals surface area contributed by atoms with Crippen molar-refractivity contribution in [3.63, 3.8) is 0 Å². The zero-order valence-corrected chi connectivity index (χ0v) is 18.6. The van der Waals surface area contributed by atoms with Gasteiger partial charge in [0, 0.05) is 18.0 Å². The number of rotatable bonds is 4. The highest BCUT2D eigenvalue weighted by atomic mass is 32.2. The molecule has 2 aromatic rings. The molecule has 1 aromatic carbocycles. The summed E-state index contributed by atoms with van der Waals surface area (Å²) in [6, 6.07) is -0.360. The number of aromatic nitrogens is 2. The molecule has 1 aromatic heterocycles. The number of amides is 2. The maximum Gasteiger partial charge on any atom is 0.416 e. The molecule has 0 aliphatic carbocycles. The molecule has 182 valence electrons. The van der Waals surface area contributed by atoms with Crippen molar-refractivity contribution < 1.29 is 35.9 Å². The minimum Gasteiger partial charge on any atom is -0.344 e. The first kappa shape index (κ1) is 25.5. The number of nitrogens with one attached hydrogen (secondary N) is 2. The lowest BCUT2D eigenvalue weighted by molar-refractivity contribution is -0.143. The number of carbonyl (C=O) groups is 2. The summed E-state index contributed by atoms with van der Waals surface area (Å²) < 4.78 is 77.8. The van der Waals surface area contributed by atoms with Crippen LogP contribution < -0.4 is 10.7 Å². The number of thioether (sulfide) groups is 1. The fraction of sp³-hybridized carbons (Fsp3) is 0.350. The number of halogens is 6. The fourth-order valence-electron chi connectivity index (χ4n) is 2.91. The maximum absolute atomic E-state index is 13.1. The van der Waals surface area contributed by atoms with E-state index in [1.54, 1.807) is 13.8 Å². The van der Waals surface area contributed by atoms with Crippen molar-refractivity contribution in [3.8, 4) is 0 Å². The molecule has 7 nitrogen and oxygen atoms in total. The molecule has 2 N–H and O–H groups in total. The lowest BCUT2D eigenvalue weighted by Crippen LogP contribution is -2.42. The van der Waals surface area contributed by atoms with Gasteiger partial charge in [-0.2, -0.15) is 31.4 Å². The van der Waals surface area contributed by atoms with Gasteiger partial charge in [0.25, 0.3) is 11.8 Å². The zero-order chi connectivity index (χ0) is 25.5. The molecule has 34 heavy (non-hydrogen) atoms. The minimum absolute atomic E-state index is 0.0600. The second kappa shape index (κ2) is 8.89. The summed E-state index contributed by atoms with van der Waals surface area (Å²) in [7, 11) is 0. The third-order valence-electron chi connectivity index (χ3n) is 4.69. The van der Waals surface area contributed by atoms with Gasteiger partial charge in [0.15, 0.2) is 0 Å². The monoisotopic (exact) mass is 505 g/mol. The zero-order valence-electron chi connectivity index (χ0n) is 17.8. The average molecular weight is 505 g/mol. The summed E-state index contributed by atoms with van der Waals surface area (Å²) in [6.07, 6.45) is -7.55. The van der Waals surface area contributed by atoms with Gasteiger partial charge in [-0.25, -0.2) is 5.43 Å². The van der Waals surface area contributed by atoms with Crippen LogP contribution in [-0.4, -0.2) is 31.6 Å². The summed E-state index contributed by atoms with van der Waals surface area (Å²) >= 11 is 1.08. The van der Waals surface area contributed by atoms with Crippen molar-refractivity contribution in [1.82, 2.24) is 20.7 Å². The molecule has 2 heterocycles. The Morgan fingerprint density at radius 2 is 1.59 bits per heavy atom. The molecule has 2 amide bonds. The van der Waals surface area contributed by atoms with Gasteiger partial charge in [-0.05, 0) is 39.0 Å². The summed E-state index contributed by atoms with van der Waals surface area (Å²) in [4.78, 5) is 32.9. The predicted octanol–water partition coefficient (Wildman–Crippen LogP) is 4.31. The van der Waals surface area contributed by atoms with E-state index >= 15 is 0 Å². The van der Waals surface area contributed by atoms with Crippen molar-refractivity contribution in [2.75, 3.05) is 0 Å². The lowest BCUT2D eigenvalue weighted by atomic mass is 10.0. The topological polar surface area (TPSA) is 96.3 Å². The van der Waals surface area contributed by atoms with Gasteiger partial charge in [-0.1, -0.05) is 11.8 Å². The van der Waals surface area contributed by atoms with Crippen LogP contribution in [0.3, 0.4) is 0 Å². The van der Waals surface area contributed by atoms with Gasteiger partial charge in [0.1, 0.15) is 10.7 Å². The standard InChI is InChI=1S/C20H17F6N5O2S/c1-9(13-14(28-5-4-27-13)16-30-31-17(33)18(2,3)34-16)29-15(32)10-6-11(19(21,22)23)8-12(7-10)20(24,25)26/h4-9H,1-3H3,(H,29,32)(H,31,33). The Morgan fingerprint density at radius 1 is 1.03 bits per heavy atom. The van der Waals surface area contributed by atoms with Gasteiger partial charge in [0.2, 0.25) is 0 Å². The number of alkyl halides is 6. The molecule has 0 bridgehead atoms. The molecular formula is C20H17F6N5O2S. The Labute approximate surface area is 193 Å². The Balaban J connectivity index is 1.93. The molecule has 14 heteroatoms. The molecule has 3 rings (SSSR count). The number of hydrogen-bond donors (Lipinski definition) is 2. The van der Waals surface area contributed by atoms with Crippen LogP contribution in [0.1, 0.15) is 59.7 Å². The van der Waals surface area contributed by atoms with Gasteiger partial charge >= 0.3 is 12.4 Å². The Kier molecular flexibility index (Phi) is 6.66. The maximum atomic E-state index is 13.1. The van der Waals surface area contributed by atoms with E-state index in [0.717, 1.165) is 11.8 Å². The smallest absolute Gasteiger partial charge is 0.344 e. The van der Waals surface area contributed by atoms with Crippen LogP contribution in [0.2, 0.25) is 0 Å². The molecule has 1 aliphatic rings. The van der Waals surface area contributed by atoms with Crippen LogP contribution in [0.15, 0.2) is 35.7 Å². The Morgan fingerprint density at radius 3 is 2.12 bits per heavy atom. The molecule has 1 atom stereocenters. The van der Waals surface area contributed by atoms with E-state index < -0.39 is 45.7 Å². The predicted molar refractivity (Wildman–Crippen MR) is 111 cm³/mol. The highest BCUT2D eigenvalue weighted by Crippen LogP contribution is 2.37. The third-order valence-corrected chi connectivity index (χ3v) is 5.87. The second-order valence-electron chi connectivity index (χ2n) is 7.75. The summed E-state index contributed by atoms with van der Waals surface area (Å²) in [6.45, 7) is 4.73. The molecule has 1 aliphatic heterocycles. The summed E-state index contributed by atoms with van der Waals surface area (Å²) in [5.41, 5.74) is -1.34. The van der Waals surface area contributed by atoms with Crippen molar-refractivity contribution in [1.29, 1.82) is 0 Å². The Hall–Kier alpha value is -3.16. The average Bonchev–Trinajstić information content (AvgIpc) is 2.74. The number of hydrogen-bond acceptors (Lipinski definition) is 6. The van der Waals surface area contributed by atoms with E-state index in [1.165, 1.54) is 19.3 Å². The quantitative estimate of drug-likeness (QED) is 0.604. The second-order valence-corrected chi connectivity index (χ2v) is 9.36. The van der Waals surface area contributed by atoms with Gasteiger partial charge in [-0.15, -0.1) is 0 Å². The van der Waals surface area contributed by atoms with Crippen molar-refractivity contribution in [2.45, 2.75) is 43.9 Å². The normalized spacial score (nSPS) is 17.0. The van der Waals surface area contributed by atoms with Crippen LogP contribution in [0.4, 0.5) is 26.3 Å². The van der Waals surface area contributed by atoms with E-state index in [9.17, 15) is 35.9 Å². The van der Waals surface area contributed by atoms with Crippen molar-refractivity contribution in [3.05, 3.63) is 58.7 Å². The van der Waals surface area contributed by atoms with Crippen LogP contribution in [0.25, 0.3) is 0 Å². The van der Waals surface area contributed by atoms with Crippen molar-refractivity contribution >= 4 is 28.6 Å².